The van der Waals surface area contributed by atoms with Gasteiger partial charge in [0.15, 0.2) is 0 Å². The summed E-state index contributed by atoms with van der Waals surface area (Å²) in [6.07, 6.45) is 0. The molecule has 94 valence electrons. The van der Waals surface area contributed by atoms with E-state index in [0.29, 0.717) is 23.9 Å². The van der Waals surface area contributed by atoms with Crippen LogP contribution >= 0.6 is 23.4 Å². The quantitative estimate of drug-likeness (QED) is 0.801. The first-order chi connectivity index (χ1) is 8.19. The molecular formula is C12H17ClN2OS. The van der Waals surface area contributed by atoms with Crippen molar-refractivity contribution in [3.63, 3.8) is 0 Å². The molecule has 0 unspecified atom stereocenters. The maximum atomic E-state index is 6.03. The van der Waals surface area contributed by atoms with E-state index in [9.17, 15) is 0 Å². The van der Waals surface area contributed by atoms with Crippen molar-refractivity contribution in [2.24, 2.45) is 5.73 Å². The number of para-hydroxylation sites is 1. The van der Waals surface area contributed by atoms with E-state index in [2.05, 4.69) is 11.9 Å². The van der Waals surface area contributed by atoms with Crippen LogP contribution in [0.2, 0.25) is 5.02 Å². The highest BCUT2D eigenvalue weighted by Crippen LogP contribution is 2.28. The fourth-order valence-electron chi connectivity index (χ4n) is 1.35. The van der Waals surface area contributed by atoms with Crippen LogP contribution in [0.3, 0.4) is 0 Å². The second-order valence-electron chi connectivity index (χ2n) is 3.35. The number of hydrogen-bond acceptors (Lipinski definition) is 4. The summed E-state index contributed by atoms with van der Waals surface area (Å²) in [6.45, 7) is 5.19. The first-order valence-corrected chi connectivity index (χ1v) is 6.62. The SMILES string of the molecule is C=C(NCc1cccc(Cl)c1OC)SCCN. The maximum absolute atomic E-state index is 6.03. The first kappa shape index (κ1) is 14.2. The number of nitrogens with one attached hydrogen (secondary N) is 1. The minimum atomic E-state index is 0.618. The fraction of sp³-hybridized carbons (Fsp3) is 0.333. The summed E-state index contributed by atoms with van der Waals surface area (Å²) in [5, 5.41) is 4.73. The van der Waals surface area contributed by atoms with Gasteiger partial charge in [0.05, 0.1) is 17.2 Å². The van der Waals surface area contributed by atoms with Crippen LogP contribution in [0.4, 0.5) is 0 Å². The zero-order valence-electron chi connectivity index (χ0n) is 9.83. The Morgan fingerprint density at radius 3 is 3.00 bits per heavy atom. The van der Waals surface area contributed by atoms with Gasteiger partial charge in [0.2, 0.25) is 0 Å². The van der Waals surface area contributed by atoms with Crippen molar-refractivity contribution in [1.82, 2.24) is 5.32 Å². The van der Waals surface area contributed by atoms with Gasteiger partial charge >= 0.3 is 0 Å². The Morgan fingerprint density at radius 2 is 2.35 bits per heavy atom. The average Bonchev–Trinajstić information content (AvgIpc) is 2.33. The third kappa shape index (κ3) is 4.50. The van der Waals surface area contributed by atoms with Crippen LogP contribution in [0.15, 0.2) is 29.8 Å². The van der Waals surface area contributed by atoms with Crippen LogP contribution in [0.25, 0.3) is 0 Å². The van der Waals surface area contributed by atoms with E-state index in [-0.39, 0.29) is 0 Å². The first-order valence-electron chi connectivity index (χ1n) is 5.26. The Labute approximate surface area is 111 Å². The molecule has 5 heteroatoms. The van der Waals surface area contributed by atoms with Crippen LogP contribution < -0.4 is 15.8 Å². The topological polar surface area (TPSA) is 47.3 Å². The number of benzene rings is 1. The van der Waals surface area contributed by atoms with Crippen molar-refractivity contribution in [1.29, 1.82) is 0 Å². The highest BCUT2D eigenvalue weighted by atomic mass is 35.5. The summed E-state index contributed by atoms with van der Waals surface area (Å²) in [7, 11) is 1.61. The molecule has 0 amide bonds. The van der Waals surface area contributed by atoms with Gasteiger partial charge in [-0.1, -0.05) is 30.3 Å². The van der Waals surface area contributed by atoms with Gasteiger partial charge in [-0.05, 0) is 6.07 Å². The molecule has 17 heavy (non-hydrogen) atoms. The number of methoxy groups -OCH3 is 1. The van der Waals surface area contributed by atoms with Gasteiger partial charge in [-0.25, -0.2) is 0 Å². The van der Waals surface area contributed by atoms with E-state index in [4.69, 9.17) is 22.1 Å². The summed E-state index contributed by atoms with van der Waals surface area (Å²) in [4.78, 5) is 0. The van der Waals surface area contributed by atoms with E-state index in [1.165, 1.54) is 0 Å². The minimum absolute atomic E-state index is 0.618. The van der Waals surface area contributed by atoms with Crippen LogP contribution in [-0.2, 0) is 6.54 Å². The third-order valence-corrected chi connectivity index (χ3v) is 3.35. The van der Waals surface area contributed by atoms with E-state index in [1.807, 2.05) is 18.2 Å². The average molecular weight is 273 g/mol. The molecule has 0 aromatic heterocycles. The molecular weight excluding hydrogens is 256 g/mol. The fourth-order valence-corrected chi connectivity index (χ4v) is 2.16. The molecule has 3 nitrogen and oxygen atoms in total. The zero-order valence-corrected chi connectivity index (χ0v) is 11.4. The lowest BCUT2D eigenvalue weighted by molar-refractivity contribution is 0.409. The van der Waals surface area contributed by atoms with Crippen molar-refractivity contribution in [2.75, 3.05) is 19.4 Å². The smallest absolute Gasteiger partial charge is 0.142 e. The highest BCUT2D eigenvalue weighted by Gasteiger charge is 2.06. The summed E-state index contributed by atoms with van der Waals surface area (Å²) < 4.78 is 5.26. The summed E-state index contributed by atoms with van der Waals surface area (Å²) >= 11 is 7.64. The molecule has 1 aromatic rings. The third-order valence-electron chi connectivity index (χ3n) is 2.12. The van der Waals surface area contributed by atoms with Gasteiger partial charge in [0, 0.05) is 24.4 Å². The van der Waals surface area contributed by atoms with Gasteiger partial charge < -0.3 is 15.8 Å². The molecule has 0 heterocycles. The normalized spacial score (nSPS) is 10.1. The molecule has 0 spiro atoms. The van der Waals surface area contributed by atoms with Gasteiger partial charge in [-0.3, -0.25) is 0 Å². The van der Waals surface area contributed by atoms with Crippen LogP contribution in [0.1, 0.15) is 5.56 Å². The Balaban J connectivity index is 2.57. The van der Waals surface area contributed by atoms with E-state index < -0.39 is 0 Å². The Kier molecular flexibility index (Phi) is 6.26. The van der Waals surface area contributed by atoms with Crippen molar-refractivity contribution in [3.8, 4) is 5.75 Å². The predicted molar refractivity (Wildman–Crippen MR) is 75.5 cm³/mol. The van der Waals surface area contributed by atoms with E-state index >= 15 is 0 Å². The van der Waals surface area contributed by atoms with Crippen molar-refractivity contribution >= 4 is 23.4 Å². The largest absolute Gasteiger partial charge is 0.495 e. The van der Waals surface area contributed by atoms with Crippen molar-refractivity contribution in [3.05, 3.63) is 40.4 Å². The minimum Gasteiger partial charge on any atom is -0.495 e. The van der Waals surface area contributed by atoms with E-state index in [0.717, 1.165) is 16.3 Å². The lowest BCUT2D eigenvalue weighted by atomic mass is 10.2. The molecule has 0 atom stereocenters. The molecule has 0 aliphatic rings. The molecule has 1 aromatic carbocycles. The van der Waals surface area contributed by atoms with E-state index in [1.54, 1.807) is 18.9 Å². The number of hydrogen-bond donors (Lipinski definition) is 2. The van der Waals surface area contributed by atoms with Crippen molar-refractivity contribution in [2.45, 2.75) is 6.54 Å². The second-order valence-corrected chi connectivity index (χ2v) is 4.94. The van der Waals surface area contributed by atoms with Gasteiger partial charge in [0.25, 0.3) is 0 Å². The monoisotopic (exact) mass is 272 g/mol. The summed E-state index contributed by atoms with van der Waals surface area (Å²) in [5.41, 5.74) is 6.43. The molecule has 0 radical (unpaired) electrons. The molecule has 0 aliphatic heterocycles. The van der Waals surface area contributed by atoms with Gasteiger partial charge in [0.1, 0.15) is 5.75 Å². The summed E-state index contributed by atoms with van der Waals surface area (Å²) in [6, 6.07) is 5.68. The number of thioether (sulfide) groups is 1. The summed E-state index contributed by atoms with van der Waals surface area (Å²) in [5.74, 6) is 1.57. The lowest BCUT2D eigenvalue weighted by Crippen LogP contribution is -2.12. The van der Waals surface area contributed by atoms with Crippen LogP contribution in [-0.4, -0.2) is 19.4 Å². The maximum Gasteiger partial charge on any atom is 0.142 e. The number of rotatable bonds is 7. The Hall–Kier alpha value is -0.840. The van der Waals surface area contributed by atoms with Gasteiger partial charge in [-0.15, -0.1) is 11.8 Å². The number of ether oxygens (including phenoxy) is 1. The lowest BCUT2D eigenvalue weighted by Gasteiger charge is -2.12. The molecule has 0 fully saturated rings. The standard InChI is InChI=1S/C12H17ClN2OS/c1-9(17-7-6-14)15-8-10-4-3-5-11(13)12(10)16-2/h3-5,15H,1,6-8,14H2,2H3. The highest BCUT2D eigenvalue weighted by molar-refractivity contribution is 8.03. The number of nitrogens with two attached hydrogens (primary N) is 1. The molecule has 3 N–H and O–H groups in total. The van der Waals surface area contributed by atoms with Crippen LogP contribution in [0, 0.1) is 0 Å². The molecule has 0 bridgehead atoms. The molecule has 0 saturated carbocycles. The zero-order chi connectivity index (χ0) is 12.7. The van der Waals surface area contributed by atoms with Gasteiger partial charge in [-0.2, -0.15) is 0 Å². The molecule has 0 saturated heterocycles. The number of halogens is 1. The second kappa shape index (κ2) is 7.48. The predicted octanol–water partition coefficient (Wildman–Crippen LogP) is 2.60. The Morgan fingerprint density at radius 1 is 1.59 bits per heavy atom. The molecule has 1 rings (SSSR count). The Bertz CT molecular complexity index is 385. The van der Waals surface area contributed by atoms with Crippen LogP contribution in [0.5, 0.6) is 5.75 Å². The van der Waals surface area contributed by atoms with Crippen molar-refractivity contribution < 1.29 is 4.74 Å². The molecule has 0 aliphatic carbocycles.